The van der Waals surface area contributed by atoms with Gasteiger partial charge in [0, 0.05) is 5.56 Å². The van der Waals surface area contributed by atoms with Gasteiger partial charge in [0.25, 0.3) is 0 Å². The van der Waals surface area contributed by atoms with Crippen molar-refractivity contribution in [3.63, 3.8) is 0 Å². The second-order valence-corrected chi connectivity index (χ2v) is 8.44. The van der Waals surface area contributed by atoms with Crippen LogP contribution >= 0.6 is 0 Å². The van der Waals surface area contributed by atoms with Crippen molar-refractivity contribution in [2.24, 2.45) is 23.7 Å². The van der Waals surface area contributed by atoms with Crippen LogP contribution in [-0.2, 0) is 9.59 Å². The number of carbonyl (C=O) groups excluding carboxylic acids is 3. The fourth-order valence-corrected chi connectivity index (χ4v) is 5.33. The number of fused-ring (bicyclic) bond motifs is 5. The maximum atomic E-state index is 13.3. The number of rotatable bonds is 5. The van der Waals surface area contributed by atoms with Gasteiger partial charge in [0.05, 0.1) is 17.5 Å². The summed E-state index contributed by atoms with van der Waals surface area (Å²) in [5.41, 5.74) is 2.20. The quantitative estimate of drug-likeness (QED) is 0.431. The molecule has 1 saturated heterocycles. The monoisotopic (exact) mass is 401 g/mol. The van der Waals surface area contributed by atoms with E-state index >= 15 is 0 Å². The molecule has 1 heterocycles. The zero-order chi connectivity index (χ0) is 21.0. The van der Waals surface area contributed by atoms with Gasteiger partial charge in [-0.25, -0.2) is 4.90 Å². The second-order valence-electron chi connectivity index (χ2n) is 8.44. The van der Waals surface area contributed by atoms with Gasteiger partial charge in [0.1, 0.15) is 5.75 Å². The highest BCUT2D eigenvalue weighted by Crippen LogP contribution is 2.56. The molecule has 30 heavy (non-hydrogen) atoms. The summed E-state index contributed by atoms with van der Waals surface area (Å²) in [5, 5.41) is 0. The Bertz CT molecular complexity index is 1070. The van der Waals surface area contributed by atoms with Crippen molar-refractivity contribution >= 4 is 23.3 Å². The lowest BCUT2D eigenvalue weighted by Crippen LogP contribution is -2.34. The number of carbonyl (C=O) groups is 3. The number of para-hydroxylation sites is 2. The molecule has 2 aliphatic carbocycles. The summed E-state index contributed by atoms with van der Waals surface area (Å²) in [6, 6.07) is 15.9. The van der Waals surface area contributed by atoms with E-state index in [1.165, 1.54) is 10.5 Å². The van der Waals surface area contributed by atoms with Crippen LogP contribution in [-0.4, -0.2) is 23.7 Å². The number of amides is 2. The molecular weight excluding hydrogens is 378 g/mol. The molecule has 1 aliphatic heterocycles. The molecule has 2 aromatic rings. The number of allylic oxidation sites excluding steroid dienone is 2. The summed E-state index contributed by atoms with van der Waals surface area (Å²) in [7, 11) is 0. The van der Waals surface area contributed by atoms with Crippen LogP contribution in [0.25, 0.3) is 0 Å². The minimum Gasteiger partial charge on any atom is -0.480 e. The van der Waals surface area contributed by atoms with Gasteiger partial charge in [-0.15, -0.1) is 0 Å². The molecule has 5 heteroatoms. The highest BCUT2D eigenvalue weighted by Gasteiger charge is 2.61. The molecular formula is C25H23NO4. The Morgan fingerprint density at radius 2 is 1.67 bits per heavy atom. The molecule has 0 unspecified atom stereocenters. The molecule has 5 atom stereocenters. The van der Waals surface area contributed by atoms with E-state index in [1.54, 1.807) is 55.5 Å². The molecule has 2 bridgehead atoms. The SMILES string of the molecule is CC1=C[C@H]2C[C@@H]1[C@H]1C(=O)N(c3ccccc3O[C@@H](C)C(=O)c3ccccc3)C(=O)[C@@H]12. The molecule has 2 amide bonds. The first kappa shape index (κ1) is 18.8. The first-order valence-electron chi connectivity index (χ1n) is 10.4. The predicted molar refractivity (Wildman–Crippen MR) is 112 cm³/mol. The van der Waals surface area contributed by atoms with E-state index < -0.39 is 6.10 Å². The van der Waals surface area contributed by atoms with Crippen LogP contribution in [0.2, 0.25) is 0 Å². The van der Waals surface area contributed by atoms with Gasteiger partial charge in [-0.05, 0) is 44.2 Å². The predicted octanol–water partition coefficient (Wildman–Crippen LogP) is 4.04. The zero-order valence-corrected chi connectivity index (χ0v) is 16.9. The summed E-state index contributed by atoms with van der Waals surface area (Å²) in [6.45, 7) is 3.73. The number of hydrogen-bond donors (Lipinski definition) is 0. The zero-order valence-electron chi connectivity index (χ0n) is 16.9. The minimum atomic E-state index is -0.749. The summed E-state index contributed by atoms with van der Waals surface area (Å²) < 4.78 is 5.97. The third kappa shape index (κ3) is 2.72. The number of imide groups is 1. The number of ketones is 1. The van der Waals surface area contributed by atoms with Gasteiger partial charge in [0.2, 0.25) is 17.6 Å². The Kier molecular flexibility index (Phi) is 4.35. The van der Waals surface area contributed by atoms with Gasteiger partial charge in [-0.1, -0.05) is 54.1 Å². The van der Waals surface area contributed by atoms with Crippen molar-refractivity contribution in [2.75, 3.05) is 4.90 Å². The molecule has 3 aliphatic rings. The highest BCUT2D eigenvalue weighted by atomic mass is 16.5. The number of nitrogens with zero attached hydrogens (tertiary/aromatic N) is 1. The van der Waals surface area contributed by atoms with E-state index in [2.05, 4.69) is 13.0 Å². The molecule has 152 valence electrons. The summed E-state index contributed by atoms with van der Waals surface area (Å²) in [5.74, 6) is -0.331. The summed E-state index contributed by atoms with van der Waals surface area (Å²) in [6.07, 6.45) is 2.30. The van der Waals surface area contributed by atoms with Crippen molar-refractivity contribution < 1.29 is 19.1 Å². The van der Waals surface area contributed by atoms with Crippen LogP contribution in [0, 0.1) is 23.7 Å². The van der Waals surface area contributed by atoms with Gasteiger partial charge in [-0.2, -0.15) is 0 Å². The van der Waals surface area contributed by atoms with Crippen molar-refractivity contribution in [2.45, 2.75) is 26.4 Å². The normalized spacial score (nSPS) is 27.8. The minimum absolute atomic E-state index is 0.146. The van der Waals surface area contributed by atoms with Crippen molar-refractivity contribution in [1.82, 2.24) is 0 Å². The molecule has 5 rings (SSSR count). The maximum Gasteiger partial charge on any atom is 0.238 e. The molecule has 5 nitrogen and oxygen atoms in total. The fourth-order valence-electron chi connectivity index (χ4n) is 5.33. The smallest absolute Gasteiger partial charge is 0.238 e. The molecule has 1 saturated carbocycles. The van der Waals surface area contributed by atoms with Gasteiger partial charge in [0.15, 0.2) is 6.10 Å². The Balaban J connectivity index is 1.43. The molecule has 0 N–H and O–H groups in total. The summed E-state index contributed by atoms with van der Waals surface area (Å²) in [4.78, 5) is 40.5. The van der Waals surface area contributed by atoms with E-state index in [0.717, 1.165) is 6.42 Å². The van der Waals surface area contributed by atoms with Crippen molar-refractivity contribution in [3.8, 4) is 5.75 Å². The lowest BCUT2D eigenvalue weighted by Gasteiger charge is -2.22. The topological polar surface area (TPSA) is 63.7 Å². The number of hydrogen-bond acceptors (Lipinski definition) is 4. The largest absolute Gasteiger partial charge is 0.480 e. The van der Waals surface area contributed by atoms with Crippen molar-refractivity contribution in [1.29, 1.82) is 0 Å². The fraction of sp³-hybridized carbons (Fsp3) is 0.320. The maximum absolute atomic E-state index is 13.3. The van der Waals surface area contributed by atoms with Crippen molar-refractivity contribution in [3.05, 3.63) is 71.8 Å². The molecule has 0 spiro atoms. The second kappa shape index (κ2) is 6.94. The van der Waals surface area contributed by atoms with Gasteiger partial charge < -0.3 is 4.74 Å². The first-order valence-corrected chi connectivity index (χ1v) is 10.4. The van der Waals surface area contributed by atoms with Gasteiger partial charge >= 0.3 is 0 Å². The Hall–Kier alpha value is -3.21. The Morgan fingerprint density at radius 3 is 2.43 bits per heavy atom. The number of benzene rings is 2. The molecule has 0 radical (unpaired) electrons. The first-order chi connectivity index (χ1) is 14.5. The average Bonchev–Trinajstić information content (AvgIpc) is 3.39. The molecule has 2 fully saturated rings. The van der Waals surface area contributed by atoms with E-state index in [-0.39, 0.29) is 41.3 Å². The van der Waals surface area contributed by atoms with E-state index in [9.17, 15) is 14.4 Å². The highest BCUT2D eigenvalue weighted by molar-refractivity contribution is 6.23. The van der Waals surface area contributed by atoms with Crippen LogP contribution in [0.5, 0.6) is 5.75 Å². The number of anilines is 1. The average molecular weight is 401 g/mol. The van der Waals surface area contributed by atoms with Crippen LogP contribution in [0.15, 0.2) is 66.2 Å². The van der Waals surface area contributed by atoms with Crippen LogP contribution in [0.4, 0.5) is 5.69 Å². The Labute approximate surface area is 175 Å². The lowest BCUT2D eigenvalue weighted by molar-refractivity contribution is -0.123. The summed E-state index contributed by atoms with van der Waals surface area (Å²) >= 11 is 0. The van der Waals surface area contributed by atoms with E-state index in [0.29, 0.717) is 17.0 Å². The lowest BCUT2D eigenvalue weighted by atomic mass is 9.82. The Morgan fingerprint density at radius 1 is 1.00 bits per heavy atom. The van der Waals surface area contributed by atoms with E-state index in [1.807, 2.05) is 6.07 Å². The van der Waals surface area contributed by atoms with Crippen LogP contribution < -0.4 is 9.64 Å². The van der Waals surface area contributed by atoms with E-state index in [4.69, 9.17) is 4.74 Å². The van der Waals surface area contributed by atoms with Crippen LogP contribution in [0.1, 0.15) is 30.6 Å². The third-order valence-electron chi connectivity index (χ3n) is 6.72. The number of ether oxygens (including phenoxy) is 1. The van der Waals surface area contributed by atoms with Gasteiger partial charge in [-0.3, -0.25) is 14.4 Å². The molecule has 2 aromatic carbocycles. The third-order valence-corrected chi connectivity index (χ3v) is 6.72. The number of Topliss-reactive ketones (excluding diaryl/α,β-unsaturated/α-hetero) is 1. The standard InChI is InChI=1S/C25H23NO4/c1-14-12-17-13-18(14)22-21(17)24(28)26(25(22)29)19-10-6-7-11-20(19)30-15(2)23(27)16-8-4-3-5-9-16/h3-12,15,17-18,21-22H,13H2,1-2H3/t15-,17-,18-,21+,22+/m0/s1. The van der Waals surface area contributed by atoms with Crippen LogP contribution in [0.3, 0.4) is 0 Å². The molecule has 0 aromatic heterocycles.